The molecular formula is C20H20ClNO2. The van der Waals surface area contributed by atoms with Crippen molar-refractivity contribution in [3.8, 4) is 0 Å². The largest absolute Gasteiger partial charge is 0.463 e. The molecule has 1 heterocycles. The molecule has 0 radical (unpaired) electrons. The number of anilines is 1. The Balaban J connectivity index is 2.24. The van der Waals surface area contributed by atoms with E-state index in [0.29, 0.717) is 17.2 Å². The molecular weight excluding hydrogens is 322 g/mol. The van der Waals surface area contributed by atoms with Crippen molar-refractivity contribution in [1.29, 1.82) is 0 Å². The highest BCUT2D eigenvalue weighted by Crippen LogP contribution is 2.44. The molecule has 0 amide bonds. The van der Waals surface area contributed by atoms with Gasteiger partial charge in [0.15, 0.2) is 0 Å². The van der Waals surface area contributed by atoms with Crippen molar-refractivity contribution < 1.29 is 9.53 Å². The number of rotatable bonds is 3. The van der Waals surface area contributed by atoms with Crippen LogP contribution in [0.25, 0.3) is 0 Å². The second-order valence-corrected chi connectivity index (χ2v) is 6.34. The van der Waals surface area contributed by atoms with Gasteiger partial charge < -0.3 is 10.1 Å². The number of esters is 1. The van der Waals surface area contributed by atoms with E-state index in [2.05, 4.69) is 17.4 Å². The van der Waals surface area contributed by atoms with Crippen LogP contribution in [-0.4, -0.2) is 12.6 Å². The first kappa shape index (κ1) is 16.6. The molecule has 3 rings (SSSR count). The van der Waals surface area contributed by atoms with Crippen LogP contribution in [0.2, 0.25) is 5.02 Å². The van der Waals surface area contributed by atoms with E-state index < -0.39 is 0 Å². The lowest BCUT2D eigenvalue weighted by Gasteiger charge is -2.31. The van der Waals surface area contributed by atoms with Gasteiger partial charge in [0, 0.05) is 22.3 Å². The van der Waals surface area contributed by atoms with Crippen LogP contribution in [0.4, 0.5) is 5.69 Å². The van der Waals surface area contributed by atoms with Crippen molar-refractivity contribution >= 4 is 23.3 Å². The minimum atomic E-state index is -0.306. The first-order valence-electron chi connectivity index (χ1n) is 8.02. The van der Waals surface area contributed by atoms with Gasteiger partial charge >= 0.3 is 5.97 Å². The van der Waals surface area contributed by atoms with Crippen molar-refractivity contribution in [3.63, 3.8) is 0 Å². The molecule has 1 N–H and O–H groups in total. The molecule has 0 bridgehead atoms. The third-order valence-corrected chi connectivity index (χ3v) is 4.59. The highest BCUT2D eigenvalue weighted by Gasteiger charge is 2.34. The fraction of sp³-hybridized carbons (Fsp3) is 0.250. The van der Waals surface area contributed by atoms with Gasteiger partial charge in [-0.2, -0.15) is 0 Å². The Morgan fingerprint density at radius 2 is 1.92 bits per heavy atom. The number of carbonyl (C=O) groups is 1. The highest BCUT2D eigenvalue weighted by atomic mass is 35.5. The third-order valence-electron chi connectivity index (χ3n) is 4.24. The number of hydrogen-bond donors (Lipinski definition) is 1. The molecule has 4 heteroatoms. The van der Waals surface area contributed by atoms with Crippen LogP contribution >= 0.6 is 11.6 Å². The number of benzene rings is 2. The van der Waals surface area contributed by atoms with Crippen molar-refractivity contribution in [3.05, 3.63) is 75.4 Å². The number of hydrogen-bond acceptors (Lipinski definition) is 3. The van der Waals surface area contributed by atoms with Gasteiger partial charge in [0.25, 0.3) is 0 Å². The Kier molecular flexibility index (Phi) is 4.63. The zero-order chi connectivity index (χ0) is 17.3. The van der Waals surface area contributed by atoms with E-state index in [-0.39, 0.29) is 11.9 Å². The zero-order valence-electron chi connectivity index (χ0n) is 14.0. The molecule has 0 aliphatic carbocycles. The monoisotopic (exact) mass is 341 g/mol. The van der Waals surface area contributed by atoms with Gasteiger partial charge in [-0.1, -0.05) is 47.5 Å². The summed E-state index contributed by atoms with van der Waals surface area (Å²) in [6.07, 6.45) is 0. The van der Waals surface area contributed by atoms with Crippen LogP contribution in [0.3, 0.4) is 0 Å². The maximum atomic E-state index is 12.6. The average molecular weight is 342 g/mol. The second-order valence-electron chi connectivity index (χ2n) is 5.93. The predicted molar refractivity (Wildman–Crippen MR) is 97.4 cm³/mol. The Morgan fingerprint density at radius 3 is 2.62 bits per heavy atom. The lowest BCUT2D eigenvalue weighted by atomic mass is 9.80. The Hall–Kier alpha value is -2.26. The Labute approximate surface area is 147 Å². The lowest BCUT2D eigenvalue weighted by molar-refractivity contribution is -0.138. The Bertz CT molecular complexity index is 826. The van der Waals surface area contributed by atoms with E-state index in [1.807, 2.05) is 51.1 Å². The van der Waals surface area contributed by atoms with Gasteiger partial charge in [-0.05, 0) is 44.0 Å². The van der Waals surface area contributed by atoms with Crippen LogP contribution in [-0.2, 0) is 9.53 Å². The lowest BCUT2D eigenvalue weighted by Crippen LogP contribution is -2.24. The summed E-state index contributed by atoms with van der Waals surface area (Å²) in [5, 5.41) is 3.98. The quantitative estimate of drug-likeness (QED) is 0.794. The first-order valence-corrected chi connectivity index (χ1v) is 8.40. The smallest absolute Gasteiger partial charge is 0.336 e. The molecule has 3 nitrogen and oxygen atoms in total. The number of carbonyl (C=O) groups excluding carboxylic acids is 1. The molecule has 1 aliphatic heterocycles. The molecule has 0 saturated carbocycles. The minimum Gasteiger partial charge on any atom is -0.463 e. The maximum absolute atomic E-state index is 12.6. The summed E-state index contributed by atoms with van der Waals surface area (Å²) in [4.78, 5) is 12.6. The van der Waals surface area contributed by atoms with Gasteiger partial charge in [0.2, 0.25) is 0 Å². The fourth-order valence-electron chi connectivity index (χ4n) is 3.19. The van der Waals surface area contributed by atoms with E-state index >= 15 is 0 Å². The SMILES string of the molecule is CCOC(=O)C1=C(C)Nc2ccc(C)cc2C1c1ccccc1Cl. The maximum Gasteiger partial charge on any atom is 0.336 e. The molecule has 1 atom stereocenters. The minimum absolute atomic E-state index is 0.242. The van der Waals surface area contributed by atoms with E-state index in [4.69, 9.17) is 16.3 Å². The number of aryl methyl sites for hydroxylation is 1. The van der Waals surface area contributed by atoms with Gasteiger partial charge in [0.1, 0.15) is 0 Å². The molecule has 1 unspecified atom stereocenters. The van der Waals surface area contributed by atoms with Gasteiger partial charge in [0.05, 0.1) is 12.2 Å². The Morgan fingerprint density at radius 1 is 1.17 bits per heavy atom. The number of halogens is 1. The normalized spacial score (nSPS) is 16.4. The molecule has 2 aromatic carbocycles. The van der Waals surface area contributed by atoms with E-state index in [1.54, 1.807) is 0 Å². The van der Waals surface area contributed by atoms with Crippen LogP contribution in [0, 0.1) is 6.92 Å². The van der Waals surface area contributed by atoms with Crippen molar-refractivity contribution in [2.75, 3.05) is 11.9 Å². The van der Waals surface area contributed by atoms with Crippen molar-refractivity contribution in [1.82, 2.24) is 0 Å². The molecule has 2 aromatic rings. The van der Waals surface area contributed by atoms with Crippen LogP contribution < -0.4 is 5.32 Å². The summed E-state index contributed by atoms with van der Waals surface area (Å²) in [5.74, 6) is -0.548. The summed E-state index contributed by atoms with van der Waals surface area (Å²) >= 11 is 6.46. The molecule has 0 fully saturated rings. The van der Waals surface area contributed by atoms with Gasteiger partial charge in [-0.25, -0.2) is 4.79 Å². The van der Waals surface area contributed by atoms with E-state index in [0.717, 1.165) is 28.1 Å². The molecule has 0 saturated heterocycles. The third kappa shape index (κ3) is 2.92. The summed E-state index contributed by atoms with van der Waals surface area (Å²) in [7, 11) is 0. The molecule has 24 heavy (non-hydrogen) atoms. The van der Waals surface area contributed by atoms with Crippen molar-refractivity contribution in [2.24, 2.45) is 0 Å². The van der Waals surface area contributed by atoms with Crippen LogP contribution in [0.5, 0.6) is 0 Å². The summed E-state index contributed by atoms with van der Waals surface area (Å²) in [6.45, 7) is 6.09. The standard InChI is InChI=1S/C20H20ClNO2/c1-4-24-20(23)18-13(3)22-17-10-9-12(2)11-15(17)19(18)14-7-5-6-8-16(14)21/h5-11,19,22H,4H2,1-3H3. The van der Waals surface area contributed by atoms with Gasteiger partial charge in [-0.15, -0.1) is 0 Å². The number of allylic oxidation sites excluding steroid dienone is 1. The summed E-state index contributed by atoms with van der Waals surface area (Å²) < 4.78 is 5.31. The molecule has 0 aromatic heterocycles. The molecule has 124 valence electrons. The number of fused-ring (bicyclic) bond motifs is 1. The highest BCUT2D eigenvalue weighted by molar-refractivity contribution is 6.31. The first-order chi connectivity index (χ1) is 11.5. The van der Waals surface area contributed by atoms with Crippen LogP contribution in [0.1, 0.15) is 36.5 Å². The van der Waals surface area contributed by atoms with Crippen LogP contribution in [0.15, 0.2) is 53.7 Å². The predicted octanol–water partition coefficient (Wildman–Crippen LogP) is 5.04. The zero-order valence-corrected chi connectivity index (χ0v) is 14.8. The van der Waals surface area contributed by atoms with Gasteiger partial charge in [-0.3, -0.25) is 0 Å². The molecule has 0 spiro atoms. The van der Waals surface area contributed by atoms with Crippen molar-refractivity contribution in [2.45, 2.75) is 26.7 Å². The van der Waals surface area contributed by atoms with E-state index in [9.17, 15) is 4.79 Å². The summed E-state index contributed by atoms with van der Waals surface area (Å²) in [5.41, 5.74) is 5.50. The topological polar surface area (TPSA) is 38.3 Å². The second kappa shape index (κ2) is 6.70. The fourth-order valence-corrected chi connectivity index (χ4v) is 3.43. The molecule has 1 aliphatic rings. The number of ether oxygens (including phenoxy) is 1. The van der Waals surface area contributed by atoms with E-state index in [1.165, 1.54) is 0 Å². The number of nitrogens with one attached hydrogen (secondary N) is 1. The average Bonchev–Trinajstić information content (AvgIpc) is 2.55. The summed E-state index contributed by atoms with van der Waals surface area (Å²) in [6, 6.07) is 13.9.